The van der Waals surface area contributed by atoms with Crippen molar-refractivity contribution < 1.29 is 14.8 Å². The zero-order valence-corrected chi connectivity index (χ0v) is 12.3. The van der Waals surface area contributed by atoms with E-state index in [1.165, 1.54) is 6.07 Å². The normalized spacial score (nSPS) is 23.0. The van der Waals surface area contributed by atoms with Gasteiger partial charge < -0.3 is 5.11 Å². The lowest BCUT2D eigenvalue weighted by molar-refractivity contribution is -0.385. The molecule has 1 N–H and O–H groups in total. The first-order valence-corrected chi connectivity index (χ1v) is 7.10. The summed E-state index contributed by atoms with van der Waals surface area (Å²) < 4.78 is 0. The Bertz CT molecular complexity index is 559. The minimum Gasteiger partial charge on any atom is -0.480 e. The van der Waals surface area contributed by atoms with Crippen LogP contribution < -0.4 is 0 Å². The van der Waals surface area contributed by atoms with Gasteiger partial charge in [-0.2, -0.15) is 0 Å². The van der Waals surface area contributed by atoms with Crippen LogP contribution in [-0.2, 0) is 11.3 Å². The van der Waals surface area contributed by atoms with Gasteiger partial charge in [0, 0.05) is 18.2 Å². The van der Waals surface area contributed by atoms with E-state index >= 15 is 0 Å². The Morgan fingerprint density at radius 1 is 1.52 bits per heavy atom. The van der Waals surface area contributed by atoms with Gasteiger partial charge in [-0.25, -0.2) is 0 Å². The Balaban J connectivity index is 2.22. The molecule has 0 aliphatic carbocycles. The molecule has 1 aliphatic heterocycles. The second-order valence-corrected chi connectivity index (χ2v) is 5.77. The molecule has 0 bridgehead atoms. The Morgan fingerprint density at radius 2 is 2.24 bits per heavy atom. The van der Waals surface area contributed by atoms with Crippen LogP contribution in [0.3, 0.4) is 0 Å². The average molecular weight is 292 g/mol. The smallest absolute Gasteiger partial charge is 0.320 e. The number of likely N-dealkylation sites (tertiary alicyclic amines) is 1. The molecule has 2 unspecified atom stereocenters. The van der Waals surface area contributed by atoms with Gasteiger partial charge in [-0.15, -0.1) is 0 Å². The molecule has 114 valence electrons. The molecule has 21 heavy (non-hydrogen) atoms. The van der Waals surface area contributed by atoms with E-state index in [0.29, 0.717) is 31.0 Å². The Labute approximate surface area is 123 Å². The zero-order chi connectivity index (χ0) is 15.6. The Hall–Kier alpha value is -1.95. The van der Waals surface area contributed by atoms with E-state index in [1.54, 1.807) is 13.0 Å². The number of carbonyl (C=O) groups is 1. The van der Waals surface area contributed by atoms with Crippen LogP contribution in [0.2, 0.25) is 0 Å². The fraction of sp³-hybridized carbons (Fsp3) is 0.533. The minimum absolute atomic E-state index is 0.0877. The van der Waals surface area contributed by atoms with Gasteiger partial charge in [0.25, 0.3) is 5.69 Å². The van der Waals surface area contributed by atoms with Gasteiger partial charge in [0.2, 0.25) is 0 Å². The summed E-state index contributed by atoms with van der Waals surface area (Å²) in [6.07, 6.45) is 1.58. The summed E-state index contributed by atoms with van der Waals surface area (Å²) in [5.74, 6) is -0.418. The van der Waals surface area contributed by atoms with Crippen molar-refractivity contribution in [1.82, 2.24) is 4.90 Å². The monoisotopic (exact) mass is 292 g/mol. The molecule has 6 heteroatoms. The molecule has 2 rings (SSSR count). The van der Waals surface area contributed by atoms with E-state index in [-0.39, 0.29) is 5.69 Å². The number of nitrogens with zero attached hydrogens (tertiary/aromatic N) is 2. The average Bonchev–Trinajstić information content (AvgIpc) is 2.42. The summed E-state index contributed by atoms with van der Waals surface area (Å²) in [5.41, 5.74) is 1.53. The molecule has 6 nitrogen and oxygen atoms in total. The first kappa shape index (κ1) is 15.4. The lowest BCUT2D eigenvalue weighted by atomic mass is 9.91. The van der Waals surface area contributed by atoms with Gasteiger partial charge in [0.05, 0.1) is 4.92 Å². The van der Waals surface area contributed by atoms with Crippen molar-refractivity contribution in [2.75, 3.05) is 6.54 Å². The lowest BCUT2D eigenvalue weighted by Gasteiger charge is -2.36. The highest BCUT2D eigenvalue weighted by Crippen LogP contribution is 2.27. The molecular formula is C15H20N2O4. The molecule has 0 radical (unpaired) electrons. The van der Waals surface area contributed by atoms with Crippen LogP contribution >= 0.6 is 0 Å². The number of rotatable bonds is 4. The van der Waals surface area contributed by atoms with Crippen LogP contribution in [0, 0.1) is 23.0 Å². The number of aliphatic carboxylic acids is 1. The highest BCUT2D eigenvalue weighted by Gasteiger charge is 2.32. The quantitative estimate of drug-likeness (QED) is 0.681. The third kappa shape index (κ3) is 3.39. The standard InChI is InChI=1S/C15H20N2O4/c1-10-6-7-16(14(8-10)15(18)19)9-12-4-3-5-13(11(12)2)17(20)21/h3-5,10,14H,6-9H2,1-2H3,(H,18,19). The van der Waals surface area contributed by atoms with E-state index < -0.39 is 16.9 Å². The Kier molecular flexibility index (Phi) is 4.57. The number of piperidine rings is 1. The molecule has 0 amide bonds. The minimum atomic E-state index is -0.815. The maximum atomic E-state index is 11.4. The molecule has 1 heterocycles. The van der Waals surface area contributed by atoms with Crippen LogP contribution in [0.5, 0.6) is 0 Å². The van der Waals surface area contributed by atoms with Crippen LogP contribution in [0.25, 0.3) is 0 Å². The number of hydrogen-bond donors (Lipinski definition) is 1. The van der Waals surface area contributed by atoms with Crippen molar-refractivity contribution in [2.24, 2.45) is 5.92 Å². The maximum Gasteiger partial charge on any atom is 0.320 e. The number of benzene rings is 1. The molecule has 1 saturated heterocycles. The van der Waals surface area contributed by atoms with Gasteiger partial charge in [-0.3, -0.25) is 19.8 Å². The number of nitro groups is 1. The Morgan fingerprint density at radius 3 is 2.86 bits per heavy atom. The van der Waals surface area contributed by atoms with E-state index in [4.69, 9.17) is 0 Å². The highest BCUT2D eigenvalue weighted by atomic mass is 16.6. The zero-order valence-electron chi connectivity index (χ0n) is 12.3. The summed E-state index contributed by atoms with van der Waals surface area (Å²) >= 11 is 0. The van der Waals surface area contributed by atoms with Crippen molar-refractivity contribution in [3.63, 3.8) is 0 Å². The molecule has 1 fully saturated rings. The fourth-order valence-electron chi connectivity index (χ4n) is 2.89. The first-order valence-electron chi connectivity index (χ1n) is 7.10. The molecule has 2 atom stereocenters. The van der Waals surface area contributed by atoms with Gasteiger partial charge in [-0.1, -0.05) is 19.1 Å². The molecule has 0 saturated carbocycles. The molecule has 1 aromatic rings. The second-order valence-electron chi connectivity index (χ2n) is 5.77. The predicted molar refractivity (Wildman–Crippen MR) is 78.1 cm³/mol. The van der Waals surface area contributed by atoms with Crippen molar-refractivity contribution in [2.45, 2.75) is 39.3 Å². The molecule has 0 spiro atoms. The van der Waals surface area contributed by atoms with E-state index in [2.05, 4.69) is 6.92 Å². The highest BCUT2D eigenvalue weighted by molar-refractivity contribution is 5.73. The van der Waals surface area contributed by atoms with Crippen LogP contribution in [0.1, 0.15) is 30.9 Å². The molecule has 1 aliphatic rings. The number of nitro benzene ring substituents is 1. The second kappa shape index (κ2) is 6.22. The third-order valence-electron chi connectivity index (χ3n) is 4.25. The van der Waals surface area contributed by atoms with E-state index in [0.717, 1.165) is 12.0 Å². The van der Waals surface area contributed by atoms with Crippen molar-refractivity contribution >= 4 is 11.7 Å². The summed E-state index contributed by atoms with van der Waals surface area (Å²) in [4.78, 5) is 23.9. The predicted octanol–water partition coefficient (Wildman–Crippen LogP) is 2.59. The SMILES string of the molecule is Cc1c(CN2CCC(C)CC2C(=O)O)cccc1[N+](=O)[O-]. The summed E-state index contributed by atoms with van der Waals surface area (Å²) in [6.45, 7) is 4.93. The van der Waals surface area contributed by atoms with Crippen molar-refractivity contribution in [1.29, 1.82) is 0 Å². The van der Waals surface area contributed by atoms with Crippen LogP contribution in [0.15, 0.2) is 18.2 Å². The topological polar surface area (TPSA) is 83.7 Å². The fourth-order valence-corrected chi connectivity index (χ4v) is 2.89. The molecule has 0 aromatic heterocycles. The molecule has 1 aromatic carbocycles. The summed E-state index contributed by atoms with van der Waals surface area (Å²) in [6, 6.07) is 4.46. The number of carboxylic acids is 1. The van der Waals surface area contributed by atoms with Crippen molar-refractivity contribution in [3.8, 4) is 0 Å². The van der Waals surface area contributed by atoms with Gasteiger partial charge in [0.1, 0.15) is 6.04 Å². The largest absolute Gasteiger partial charge is 0.480 e. The lowest BCUT2D eigenvalue weighted by Crippen LogP contribution is -2.46. The van der Waals surface area contributed by atoms with E-state index in [1.807, 2.05) is 11.0 Å². The maximum absolute atomic E-state index is 11.4. The van der Waals surface area contributed by atoms with Crippen molar-refractivity contribution in [3.05, 3.63) is 39.4 Å². The van der Waals surface area contributed by atoms with Crippen LogP contribution in [0.4, 0.5) is 5.69 Å². The van der Waals surface area contributed by atoms with E-state index in [9.17, 15) is 20.0 Å². The van der Waals surface area contributed by atoms with Gasteiger partial charge in [0.15, 0.2) is 0 Å². The first-order chi connectivity index (χ1) is 9.90. The summed E-state index contributed by atoms with van der Waals surface area (Å²) in [5, 5.41) is 20.3. The number of hydrogen-bond acceptors (Lipinski definition) is 4. The summed E-state index contributed by atoms with van der Waals surface area (Å²) in [7, 11) is 0. The third-order valence-corrected chi connectivity index (χ3v) is 4.25. The number of carboxylic acid groups (broad SMARTS) is 1. The van der Waals surface area contributed by atoms with Crippen LogP contribution in [-0.4, -0.2) is 33.5 Å². The molecular weight excluding hydrogens is 272 g/mol. The van der Waals surface area contributed by atoms with Gasteiger partial charge >= 0.3 is 5.97 Å². The van der Waals surface area contributed by atoms with Gasteiger partial charge in [-0.05, 0) is 37.8 Å².